The van der Waals surface area contributed by atoms with Gasteiger partial charge in [0.15, 0.2) is 0 Å². The Kier molecular flexibility index (Phi) is 7.34. The van der Waals surface area contributed by atoms with Gasteiger partial charge < -0.3 is 14.7 Å². The predicted octanol–water partition coefficient (Wildman–Crippen LogP) is 2.50. The van der Waals surface area contributed by atoms with Crippen LogP contribution in [0.5, 0.6) is 0 Å². The van der Waals surface area contributed by atoms with Crippen LogP contribution in [0.25, 0.3) is 0 Å². The minimum Gasteiger partial charge on any atom is -0.481 e. The van der Waals surface area contributed by atoms with E-state index in [0.717, 1.165) is 6.42 Å². The molecule has 0 heterocycles. The quantitative estimate of drug-likeness (QED) is 0.748. The Bertz CT molecular complexity index is 253. The minimum atomic E-state index is -0.890. The average Bonchev–Trinajstić information content (AvgIpc) is 2.16. The third-order valence-electron chi connectivity index (χ3n) is 2.46. The highest BCUT2D eigenvalue weighted by Crippen LogP contribution is 2.16. The van der Waals surface area contributed by atoms with E-state index in [1.54, 1.807) is 6.92 Å². The number of carbonyl (C=O) groups excluding carboxylic acids is 1. The number of hydrogen-bond donors (Lipinski definition) is 1. The van der Waals surface area contributed by atoms with Crippen molar-refractivity contribution in [3.8, 4) is 0 Å². The van der Waals surface area contributed by atoms with Crippen molar-refractivity contribution in [3.63, 3.8) is 0 Å². The summed E-state index contributed by atoms with van der Waals surface area (Å²) in [6, 6.07) is -0.360. The zero-order valence-corrected chi connectivity index (χ0v) is 11.1. The van der Waals surface area contributed by atoms with Gasteiger partial charge in [0.1, 0.15) is 0 Å². The number of ether oxygens (including phenoxy) is 1. The number of rotatable bonds is 7. The molecule has 100 valence electrons. The summed E-state index contributed by atoms with van der Waals surface area (Å²) < 4.78 is 4.97. The minimum absolute atomic E-state index is 0.0369. The molecule has 1 atom stereocenters. The van der Waals surface area contributed by atoms with Crippen molar-refractivity contribution >= 4 is 12.1 Å². The molecule has 0 aromatic heterocycles. The van der Waals surface area contributed by atoms with E-state index in [-0.39, 0.29) is 18.5 Å². The topological polar surface area (TPSA) is 66.8 Å². The lowest BCUT2D eigenvalue weighted by atomic mass is 10.1. The summed E-state index contributed by atoms with van der Waals surface area (Å²) in [6.45, 7) is 7.73. The third-order valence-corrected chi connectivity index (χ3v) is 2.46. The van der Waals surface area contributed by atoms with E-state index >= 15 is 0 Å². The van der Waals surface area contributed by atoms with Gasteiger partial charge in [-0.25, -0.2) is 4.79 Å². The van der Waals surface area contributed by atoms with Crippen LogP contribution in [-0.2, 0) is 9.53 Å². The molecular weight excluding hydrogens is 222 g/mol. The molecule has 1 amide bonds. The maximum absolute atomic E-state index is 11.8. The Morgan fingerprint density at radius 1 is 1.29 bits per heavy atom. The van der Waals surface area contributed by atoms with Crippen LogP contribution in [0.2, 0.25) is 0 Å². The first-order chi connectivity index (χ1) is 7.93. The highest BCUT2D eigenvalue weighted by molar-refractivity contribution is 5.71. The van der Waals surface area contributed by atoms with Crippen LogP contribution in [-0.4, -0.2) is 40.8 Å². The van der Waals surface area contributed by atoms with E-state index in [4.69, 9.17) is 9.84 Å². The van der Waals surface area contributed by atoms with E-state index in [1.165, 1.54) is 4.90 Å². The van der Waals surface area contributed by atoms with Crippen LogP contribution >= 0.6 is 0 Å². The summed E-state index contributed by atoms with van der Waals surface area (Å²) in [5, 5.41) is 8.87. The molecule has 0 aromatic rings. The SMILES string of the molecule is CCCC(CC(=O)O)N(C(=O)OCC)C(C)C. The van der Waals surface area contributed by atoms with Gasteiger partial charge >= 0.3 is 12.1 Å². The van der Waals surface area contributed by atoms with Crippen molar-refractivity contribution < 1.29 is 19.4 Å². The fourth-order valence-corrected chi connectivity index (χ4v) is 1.85. The van der Waals surface area contributed by atoms with E-state index in [2.05, 4.69) is 0 Å². The van der Waals surface area contributed by atoms with Gasteiger partial charge in [0.2, 0.25) is 0 Å². The molecule has 0 fully saturated rings. The van der Waals surface area contributed by atoms with Crippen molar-refractivity contribution in [2.24, 2.45) is 0 Å². The van der Waals surface area contributed by atoms with Crippen LogP contribution in [0.3, 0.4) is 0 Å². The first-order valence-electron chi connectivity index (χ1n) is 6.10. The van der Waals surface area contributed by atoms with E-state index in [0.29, 0.717) is 13.0 Å². The summed E-state index contributed by atoms with van der Waals surface area (Å²) in [5.74, 6) is -0.890. The highest BCUT2D eigenvalue weighted by atomic mass is 16.6. The van der Waals surface area contributed by atoms with Crippen molar-refractivity contribution in [2.45, 2.75) is 59.0 Å². The Hall–Kier alpha value is -1.26. The first-order valence-corrected chi connectivity index (χ1v) is 6.10. The lowest BCUT2D eigenvalue weighted by Gasteiger charge is -2.33. The van der Waals surface area contributed by atoms with Gasteiger partial charge in [0.05, 0.1) is 13.0 Å². The molecule has 0 aromatic carbocycles. The maximum Gasteiger partial charge on any atom is 0.410 e. The molecule has 5 heteroatoms. The van der Waals surface area contributed by atoms with Gasteiger partial charge in [-0.05, 0) is 27.2 Å². The highest BCUT2D eigenvalue weighted by Gasteiger charge is 2.28. The number of carboxylic acid groups (broad SMARTS) is 1. The monoisotopic (exact) mass is 245 g/mol. The molecule has 1 N–H and O–H groups in total. The number of amides is 1. The van der Waals surface area contributed by atoms with Gasteiger partial charge in [-0.1, -0.05) is 13.3 Å². The zero-order valence-electron chi connectivity index (χ0n) is 11.1. The lowest BCUT2D eigenvalue weighted by molar-refractivity contribution is -0.138. The Morgan fingerprint density at radius 2 is 1.88 bits per heavy atom. The summed E-state index contributed by atoms with van der Waals surface area (Å²) >= 11 is 0. The number of aliphatic carboxylic acids is 1. The van der Waals surface area contributed by atoms with E-state index in [9.17, 15) is 9.59 Å². The number of carboxylic acids is 1. The lowest BCUT2D eigenvalue weighted by Crippen LogP contribution is -2.46. The third kappa shape index (κ3) is 5.56. The van der Waals surface area contributed by atoms with Gasteiger partial charge in [-0.2, -0.15) is 0 Å². The average molecular weight is 245 g/mol. The summed E-state index contributed by atoms with van der Waals surface area (Å²) in [6.07, 6.45) is 1.04. The molecule has 5 nitrogen and oxygen atoms in total. The molecular formula is C12H23NO4. The van der Waals surface area contributed by atoms with Crippen molar-refractivity contribution in [2.75, 3.05) is 6.61 Å². The molecule has 0 radical (unpaired) electrons. The van der Waals surface area contributed by atoms with Crippen LogP contribution in [0.15, 0.2) is 0 Å². The molecule has 0 bridgehead atoms. The largest absolute Gasteiger partial charge is 0.481 e. The second-order valence-corrected chi connectivity index (χ2v) is 4.24. The Labute approximate surface area is 103 Å². The number of carbonyl (C=O) groups is 2. The summed E-state index contributed by atoms with van der Waals surface area (Å²) in [7, 11) is 0. The van der Waals surface area contributed by atoms with E-state index < -0.39 is 12.1 Å². The molecule has 0 aliphatic carbocycles. The summed E-state index contributed by atoms with van der Waals surface area (Å²) in [4.78, 5) is 24.1. The molecule has 0 aliphatic rings. The molecule has 0 spiro atoms. The smallest absolute Gasteiger partial charge is 0.410 e. The van der Waals surface area contributed by atoms with Crippen molar-refractivity contribution in [3.05, 3.63) is 0 Å². The molecule has 1 unspecified atom stereocenters. The predicted molar refractivity (Wildman–Crippen MR) is 64.9 cm³/mol. The second-order valence-electron chi connectivity index (χ2n) is 4.24. The Morgan fingerprint density at radius 3 is 2.24 bits per heavy atom. The van der Waals surface area contributed by atoms with Crippen LogP contribution < -0.4 is 0 Å². The van der Waals surface area contributed by atoms with Crippen molar-refractivity contribution in [1.29, 1.82) is 0 Å². The fraction of sp³-hybridized carbons (Fsp3) is 0.833. The molecule has 0 saturated carbocycles. The molecule has 0 aliphatic heterocycles. The summed E-state index contributed by atoms with van der Waals surface area (Å²) in [5.41, 5.74) is 0. The van der Waals surface area contributed by atoms with Gasteiger partial charge in [-0.3, -0.25) is 4.79 Å². The van der Waals surface area contributed by atoms with Crippen LogP contribution in [0, 0.1) is 0 Å². The maximum atomic E-state index is 11.8. The van der Waals surface area contributed by atoms with Gasteiger partial charge in [-0.15, -0.1) is 0 Å². The van der Waals surface area contributed by atoms with Crippen LogP contribution in [0.1, 0.15) is 47.0 Å². The Balaban J connectivity index is 4.81. The number of nitrogens with zero attached hydrogens (tertiary/aromatic N) is 1. The molecule has 0 rings (SSSR count). The normalized spacial score (nSPS) is 12.3. The standard InChI is InChI=1S/C12H23NO4/c1-5-7-10(8-11(14)15)13(9(3)4)12(16)17-6-2/h9-10H,5-8H2,1-4H3,(H,14,15). The molecule has 17 heavy (non-hydrogen) atoms. The van der Waals surface area contributed by atoms with Gasteiger partial charge in [0, 0.05) is 12.1 Å². The van der Waals surface area contributed by atoms with E-state index in [1.807, 2.05) is 20.8 Å². The van der Waals surface area contributed by atoms with Gasteiger partial charge in [0.25, 0.3) is 0 Å². The number of hydrogen-bond acceptors (Lipinski definition) is 3. The fourth-order valence-electron chi connectivity index (χ4n) is 1.85. The second kappa shape index (κ2) is 7.92. The zero-order chi connectivity index (χ0) is 13.4. The van der Waals surface area contributed by atoms with Crippen molar-refractivity contribution in [1.82, 2.24) is 4.90 Å². The van der Waals surface area contributed by atoms with Crippen LogP contribution in [0.4, 0.5) is 4.79 Å². The first kappa shape index (κ1) is 15.7. The molecule has 0 saturated heterocycles.